The van der Waals surface area contributed by atoms with Crippen molar-refractivity contribution in [1.29, 1.82) is 0 Å². The van der Waals surface area contributed by atoms with E-state index in [1.807, 2.05) is 13.1 Å². The number of aromatic nitrogens is 1. The van der Waals surface area contributed by atoms with Crippen molar-refractivity contribution in [2.45, 2.75) is 38.5 Å². The fourth-order valence-corrected chi connectivity index (χ4v) is 4.24. The Morgan fingerprint density at radius 2 is 1.85 bits per heavy atom. The summed E-state index contributed by atoms with van der Waals surface area (Å²) < 4.78 is 19.7. The van der Waals surface area contributed by atoms with E-state index in [4.69, 9.17) is 9.40 Å². The van der Waals surface area contributed by atoms with Gasteiger partial charge in [-0.1, -0.05) is 37.3 Å². The van der Waals surface area contributed by atoms with Gasteiger partial charge in [-0.2, -0.15) is 0 Å². The molecule has 0 unspecified atom stereocenters. The summed E-state index contributed by atoms with van der Waals surface area (Å²) in [7, 11) is 1.73. The topological polar surface area (TPSA) is 54.0 Å². The van der Waals surface area contributed by atoms with Gasteiger partial charge in [0.15, 0.2) is 5.84 Å². The fraction of sp³-hybridized carbons (Fsp3) is 0.370. The van der Waals surface area contributed by atoms with Crippen LogP contribution in [0.2, 0.25) is 0 Å². The lowest BCUT2D eigenvalue weighted by molar-refractivity contribution is 0.205. The Kier molecular flexibility index (Phi) is 7.79. The summed E-state index contributed by atoms with van der Waals surface area (Å²) >= 11 is 0. The van der Waals surface area contributed by atoms with Gasteiger partial charge in [0, 0.05) is 31.3 Å². The number of rotatable bonds is 7. The number of piperidine rings is 1. The molecule has 0 spiro atoms. The van der Waals surface area contributed by atoms with E-state index in [9.17, 15) is 4.39 Å². The molecule has 6 heteroatoms. The van der Waals surface area contributed by atoms with E-state index in [1.165, 1.54) is 17.7 Å². The van der Waals surface area contributed by atoms with Crippen molar-refractivity contribution in [3.05, 3.63) is 77.4 Å². The summed E-state index contributed by atoms with van der Waals surface area (Å²) in [5.74, 6) is 1.88. The first kappa shape index (κ1) is 23.1. The van der Waals surface area contributed by atoms with Crippen LogP contribution in [0.4, 0.5) is 4.39 Å². The molecule has 2 heterocycles. The first-order valence-electron chi connectivity index (χ1n) is 11.7. The highest BCUT2D eigenvalue weighted by Crippen LogP contribution is 2.34. The molecule has 172 valence electrons. The van der Waals surface area contributed by atoms with Crippen molar-refractivity contribution in [2.24, 2.45) is 9.98 Å². The van der Waals surface area contributed by atoms with Crippen LogP contribution in [0.3, 0.4) is 0 Å². The molecule has 1 saturated heterocycles. The molecule has 3 aromatic rings. The molecule has 0 saturated carbocycles. The highest BCUT2D eigenvalue weighted by molar-refractivity contribution is 6.02. The molecule has 0 aliphatic carbocycles. The Morgan fingerprint density at radius 3 is 2.52 bits per heavy atom. The van der Waals surface area contributed by atoms with Crippen LogP contribution in [-0.2, 0) is 6.42 Å². The third-order valence-corrected chi connectivity index (χ3v) is 6.08. The predicted octanol–water partition coefficient (Wildman–Crippen LogP) is 5.76. The van der Waals surface area contributed by atoms with Crippen molar-refractivity contribution in [3.63, 3.8) is 0 Å². The minimum Gasteiger partial charge on any atom is -0.440 e. The first-order valence-corrected chi connectivity index (χ1v) is 11.7. The Bertz CT molecular complexity index is 1080. The summed E-state index contributed by atoms with van der Waals surface area (Å²) in [6.07, 6.45) is 5.70. The average Bonchev–Trinajstić information content (AvgIpc) is 3.30. The molecule has 0 N–H and O–H groups in total. The van der Waals surface area contributed by atoms with Gasteiger partial charge in [-0.3, -0.25) is 4.99 Å². The van der Waals surface area contributed by atoms with E-state index in [2.05, 4.69) is 45.2 Å². The number of likely N-dealkylation sites (tertiary alicyclic amines) is 1. The second-order valence-electron chi connectivity index (χ2n) is 8.36. The third-order valence-electron chi connectivity index (χ3n) is 6.08. The Hall–Kier alpha value is -3.12. The maximum Gasteiger partial charge on any atom is 0.227 e. The molecular formula is C27H31FN4O. The highest BCUT2D eigenvalue weighted by Gasteiger charge is 2.29. The number of oxazole rings is 1. The van der Waals surface area contributed by atoms with Gasteiger partial charge >= 0.3 is 0 Å². The van der Waals surface area contributed by atoms with Crippen LogP contribution >= 0.6 is 0 Å². The fourth-order valence-electron chi connectivity index (χ4n) is 4.24. The SMILES string of the molecule is CCC=NC(=NC)c1nc(-c2ccc(F)cc2)oc1C1CCN(CCc2ccccc2)CC1. The highest BCUT2D eigenvalue weighted by atomic mass is 19.1. The zero-order valence-electron chi connectivity index (χ0n) is 19.4. The molecule has 0 amide bonds. The molecule has 1 fully saturated rings. The number of halogens is 1. The summed E-state index contributed by atoms with van der Waals surface area (Å²) in [6, 6.07) is 16.9. The normalized spacial score (nSPS) is 16.0. The van der Waals surface area contributed by atoms with Gasteiger partial charge < -0.3 is 9.32 Å². The van der Waals surface area contributed by atoms with Gasteiger partial charge in [0.1, 0.15) is 17.3 Å². The number of amidine groups is 1. The second kappa shape index (κ2) is 11.1. The van der Waals surface area contributed by atoms with Crippen molar-refractivity contribution >= 4 is 12.1 Å². The van der Waals surface area contributed by atoms with Gasteiger partial charge in [-0.15, -0.1) is 0 Å². The lowest BCUT2D eigenvalue weighted by atomic mass is 9.92. The lowest BCUT2D eigenvalue weighted by Gasteiger charge is -2.31. The minimum absolute atomic E-state index is 0.253. The lowest BCUT2D eigenvalue weighted by Crippen LogP contribution is -2.34. The minimum atomic E-state index is -0.281. The van der Waals surface area contributed by atoms with E-state index in [0.29, 0.717) is 17.4 Å². The largest absolute Gasteiger partial charge is 0.440 e. The van der Waals surface area contributed by atoms with Gasteiger partial charge in [-0.05, 0) is 68.6 Å². The van der Waals surface area contributed by atoms with Crippen molar-refractivity contribution in [1.82, 2.24) is 9.88 Å². The number of hydrogen-bond donors (Lipinski definition) is 0. The maximum atomic E-state index is 13.4. The Balaban J connectivity index is 1.52. The monoisotopic (exact) mass is 446 g/mol. The molecule has 2 aromatic carbocycles. The van der Waals surface area contributed by atoms with Gasteiger partial charge in [-0.25, -0.2) is 14.4 Å². The summed E-state index contributed by atoms with van der Waals surface area (Å²) in [6.45, 7) is 5.12. The zero-order valence-corrected chi connectivity index (χ0v) is 19.4. The maximum absolute atomic E-state index is 13.4. The molecule has 1 aliphatic heterocycles. The summed E-state index contributed by atoms with van der Waals surface area (Å²) in [5, 5.41) is 0. The van der Waals surface area contributed by atoms with Crippen LogP contribution in [0.15, 0.2) is 69.0 Å². The molecule has 4 rings (SSSR count). The van der Waals surface area contributed by atoms with Crippen molar-refractivity contribution in [2.75, 3.05) is 26.7 Å². The van der Waals surface area contributed by atoms with E-state index in [1.54, 1.807) is 19.2 Å². The van der Waals surface area contributed by atoms with Crippen molar-refractivity contribution in [3.8, 4) is 11.5 Å². The zero-order chi connectivity index (χ0) is 23.0. The quantitative estimate of drug-likeness (QED) is 0.342. The number of benzene rings is 2. The molecule has 1 aromatic heterocycles. The van der Waals surface area contributed by atoms with E-state index in [-0.39, 0.29) is 11.7 Å². The molecule has 33 heavy (non-hydrogen) atoms. The second-order valence-corrected chi connectivity index (χ2v) is 8.36. The smallest absolute Gasteiger partial charge is 0.227 e. The van der Waals surface area contributed by atoms with Gasteiger partial charge in [0.05, 0.1) is 0 Å². The summed E-state index contributed by atoms with van der Waals surface area (Å²) in [4.78, 5) is 16.2. The van der Waals surface area contributed by atoms with Crippen LogP contribution in [-0.4, -0.2) is 48.6 Å². The van der Waals surface area contributed by atoms with Gasteiger partial charge in [0.25, 0.3) is 0 Å². The molecule has 1 aliphatic rings. The van der Waals surface area contributed by atoms with Crippen LogP contribution in [0.25, 0.3) is 11.5 Å². The first-order chi connectivity index (χ1) is 16.2. The Morgan fingerprint density at radius 1 is 1.12 bits per heavy atom. The molecule has 0 atom stereocenters. The third kappa shape index (κ3) is 5.82. The molecule has 0 radical (unpaired) electrons. The molecule has 0 bridgehead atoms. The van der Waals surface area contributed by atoms with Crippen LogP contribution in [0.5, 0.6) is 0 Å². The molecular weight excluding hydrogens is 415 g/mol. The Labute approximate surface area is 195 Å². The van der Waals surface area contributed by atoms with E-state index < -0.39 is 0 Å². The number of nitrogens with zero attached hydrogens (tertiary/aromatic N) is 4. The van der Waals surface area contributed by atoms with Gasteiger partial charge in [0.2, 0.25) is 5.89 Å². The van der Waals surface area contributed by atoms with Crippen LogP contribution in [0.1, 0.15) is 49.1 Å². The summed E-state index contributed by atoms with van der Waals surface area (Å²) in [5.41, 5.74) is 2.82. The van der Waals surface area contributed by atoms with Crippen LogP contribution < -0.4 is 0 Å². The van der Waals surface area contributed by atoms with E-state index in [0.717, 1.165) is 56.6 Å². The predicted molar refractivity (Wildman–Crippen MR) is 132 cm³/mol. The average molecular weight is 447 g/mol. The molecule has 5 nitrogen and oxygen atoms in total. The van der Waals surface area contributed by atoms with E-state index >= 15 is 0 Å². The standard InChI is InChI=1S/C27H31FN4O/c1-3-16-30-26(29-2)24-25(33-27(31-24)22-9-11-23(28)12-10-22)21-14-18-32(19-15-21)17-13-20-7-5-4-6-8-20/h4-12,16,21H,3,13-15,17-19H2,1-2H3. The number of aliphatic imine (C=N–C) groups is 2. The van der Waals surface area contributed by atoms with Crippen molar-refractivity contribution < 1.29 is 8.81 Å². The number of hydrogen-bond acceptors (Lipinski definition) is 4. The van der Waals surface area contributed by atoms with Crippen LogP contribution in [0, 0.1) is 5.82 Å².